The van der Waals surface area contributed by atoms with Crippen LogP contribution < -0.4 is 10.6 Å². The molecule has 0 saturated heterocycles. The third-order valence-electron chi connectivity index (χ3n) is 7.64. The number of carbonyl (C=O) groups is 3. The minimum Gasteiger partial charge on any atom is -0.341 e. The molecule has 4 aromatic carbocycles. The number of carbonyl (C=O) groups excluding carboxylic acids is 3. The summed E-state index contributed by atoms with van der Waals surface area (Å²) in [7, 11) is 0. The van der Waals surface area contributed by atoms with Crippen LogP contribution in [0.3, 0.4) is 0 Å². The number of imide groups is 1. The molecule has 1 unspecified atom stereocenters. The van der Waals surface area contributed by atoms with E-state index in [1.807, 2.05) is 0 Å². The van der Waals surface area contributed by atoms with Crippen molar-refractivity contribution in [1.29, 1.82) is 0 Å². The zero-order valence-corrected chi connectivity index (χ0v) is 24.7. The fourth-order valence-corrected chi connectivity index (χ4v) is 5.80. The Hall–Kier alpha value is -5.44. The Balaban J connectivity index is 1.59. The van der Waals surface area contributed by atoms with Gasteiger partial charge in [0.05, 0.1) is 33.8 Å². The van der Waals surface area contributed by atoms with Crippen molar-refractivity contribution in [3.05, 3.63) is 134 Å². The number of hydrogen-bond donors (Lipinski definition) is 2. The topological polar surface area (TPSA) is 88.2 Å². The van der Waals surface area contributed by atoms with Crippen molar-refractivity contribution in [3.63, 3.8) is 0 Å². The van der Waals surface area contributed by atoms with E-state index in [9.17, 15) is 49.5 Å². The number of hydrogen-bond acceptors (Lipinski definition) is 4. The first-order valence-electron chi connectivity index (χ1n) is 13.8. The third-order valence-corrected chi connectivity index (χ3v) is 7.99. The van der Waals surface area contributed by atoms with E-state index in [0.717, 1.165) is 18.2 Å². The van der Waals surface area contributed by atoms with Crippen molar-refractivity contribution in [2.75, 3.05) is 0 Å². The van der Waals surface area contributed by atoms with Crippen LogP contribution in [-0.4, -0.2) is 22.7 Å². The quantitative estimate of drug-likeness (QED) is 0.145. The van der Waals surface area contributed by atoms with Gasteiger partial charge >= 0.3 is 12.4 Å². The average molecular weight is 708 g/mol. The lowest BCUT2D eigenvalue weighted by Crippen LogP contribution is -2.31. The number of rotatable bonds is 4. The van der Waals surface area contributed by atoms with E-state index < -0.39 is 81.4 Å². The number of nitrogens with one attached hydrogen (secondary N) is 2. The molecule has 0 aliphatic carbocycles. The van der Waals surface area contributed by atoms with Crippen LogP contribution in [0.15, 0.2) is 72.9 Å². The van der Waals surface area contributed by atoms with Crippen LogP contribution in [0.4, 0.5) is 39.5 Å². The largest absolute Gasteiger partial charge is 0.416 e. The second-order valence-corrected chi connectivity index (χ2v) is 11.2. The standard InChI is InChI=1S/C33H15ClF9N3O3/c34-22-4-3-17(35)12-19(22)28-25-20(8-13-2-1-5-44-27(13)26(25)31(49)45-28)24-21(10-16(11-23(24)37)33(41,42)43)30(48)46-29(47)14-6-15(32(38,39)40)9-18(36)7-14/h1-12,28H,(H,45,49)(H,46,47,48). The number of fused-ring (bicyclic) bond motifs is 3. The number of benzene rings is 4. The molecule has 0 fully saturated rings. The van der Waals surface area contributed by atoms with Crippen molar-refractivity contribution in [1.82, 2.24) is 15.6 Å². The van der Waals surface area contributed by atoms with E-state index in [4.69, 9.17) is 11.6 Å². The average Bonchev–Trinajstić information content (AvgIpc) is 3.37. The second kappa shape index (κ2) is 11.9. The highest BCUT2D eigenvalue weighted by molar-refractivity contribution is 6.31. The molecule has 49 heavy (non-hydrogen) atoms. The normalized spacial score (nSPS) is 14.5. The molecule has 2 N–H and O–H groups in total. The number of aromatic nitrogens is 1. The number of halogens is 10. The van der Waals surface area contributed by atoms with Gasteiger partial charge in [-0.15, -0.1) is 0 Å². The van der Waals surface area contributed by atoms with E-state index in [1.54, 1.807) is 5.32 Å². The first-order valence-corrected chi connectivity index (χ1v) is 14.1. The fraction of sp³-hybridized carbons (Fsp3) is 0.0909. The highest BCUT2D eigenvalue weighted by Gasteiger charge is 2.40. The summed E-state index contributed by atoms with van der Waals surface area (Å²) >= 11 is 6.33. The minimum atomic E-state index is -5.24. The SMILES string of the molecule is O=C(NC(=O)c1cc(C(F)(F)F)cc(F)c1-c1cc2cccnc2c2c1C(c1cc(F)ccc1Cl)NC2=O)c1cc(F)cc(C(F)(F)F)c1. The highest BCUT2D eigenvalue weighted by Crippen LogP contribution is 2.46. The zero-order chi connectivity index (χ0) is 35.6. The molecular formula is C33H15ClF9N3O3. The minimum absolute atomic E-state index is 0.0499. The summed E-state index contributed by atoms with van der Waals surface area (Å²) in [6.45, 7) is 0. The van der Waals surface area contributed by atoms with Gasteiger partial charge in [0, 0.05) is 38.9 Å². The third kappa shape index (κ3) is 6.17. The first-order chi connectivity index (χ1) is 22.9. The van der Waals surface area contributed by atoms with E-state index >= 15 is 4.39 Å². The lowest BCUT2D eigenvalue weighted by molar-refractivity contribution is -0.138. The van der Waals surface area contributed by atoms with Gasteiger partial charge in [0.25, 0.3) is 17.7 Å². The van der Waals surface area contributed by atoms with Crippen LogP contribution in [0.5, 0.6) is 0 Å². The molecule has 5 aromatic rings. The fourth-order valence-electron chi connectivity index (χ4n) is 5.57. The van der Waals surface area contributed by atoms with Crippen LogP contribution in [-0.2, 0) is 12.4 Å². The van der Waals surface area contributed by atoms with Crippen molar-refractivity contribution >= 4 is 40.2 Å². The van der Waals surface area contributed by atoms with Gasteiger partial charge in [0.2, 0.25) is 0 Å². The monoisotopic (exact) mass is 707 g/mol. The predicted octanol–water partition coefficient (Wildman–Crippen LogP) is 8.41. The lowest BCUT2D eigenvalue weighted by atomic mass is 9.85. The van der Waals surface area contributed by atoms with Gasteiger partial charge in [0.15, 0.2) is 0 Å². The van der Waals surface area contributed by atoms with E-state index in [-0.39, 0.29) is 62.4 Å². The van der Waals surface area contributed by atoms with Gasteiger partial charge < -0.3 is 5.32 Å². The second-order valence-electron chi connectivity index (χ2n) is 10.7. The summed E-state index contributed by atoms with van der Waals surface area (Å²) in [6.07, 6.45) is -9.04. The smallest absolute Gasteiger partial charge is 0.341 e. The summed E-state index contributed by atoms with van der Waals surface area (Å²) in [5.74, 6) is -8.17. The van der Waals surface area contributed by atoms with E-state index in [1.165, 1.54) is 24.4 Å². The maximum Gasteiger partial charge on any atom is 0.416 e. The Bertz CT molecular complexity index is 2240. The van der Waals surface area contributed by atoms with E-state index in [0.29, 0.717) is 6.07 Å². The maximum atomic E-state index is 16.1. The Morgan fingerprint density at radius 3 is 2.18 bits per heavy atom. The Morgan fingerprint density at radius 2 is 1.49 bits per heavy atom. The summed E-state index contributed by atoms with van der Waals surface area (Å²) in [6, 6.07) is 6.70. The van der Waals surface area contributed by atoms with Crippen molar-refractivity contribution in [2.45, 2.75) is 18.4 Å². The molecule has 2 heterocycles. The molecule has 0 spiro atoms. The summed E-state index contributed by atoms with van der Waals surface area (Å²) in [4.78, 5) is 44.0. The Morgan fingerprint density at radius 1 is 0.796 bits per heavy atom. The molecule has 1 aliphatic rings. The number of alkyl halides is 6. The molecule has 250 valence electrons. The van der Waals surface area contributed by atoms with Gasteiger partial charge in [-0.3, -0.25) is 24.7 Å². The molecule has 1 atom stereocenters. The lowest BCUT2D eigenvalue weighted by Gasteiger charge is -2.21. The van der Waals surface area contributed by atoms with Gasteiger partial charge in [0.1, 0.15) is 17.5 Å². The van der Waals surface area contributed by atoms with Crippen LogP contribution in [0.2, 0.25) is 5.02 Å². The molecule has 0 bridgehead atoms. The van der Waals surface area contributed by atoms with Crippen LogP contribution in [0.1, 0.15) is 59.4 Å². The molecule has 6 nitrogen and oxygen atoms in total. The maximum absolute atomic E-state index is 16.1. The van der Waals surface area contributed by atoms with Gasteiger partial charge in [-0.05, 0) is 66.2 Å². The van der Waals surface area contributed by atoms with Gasteiger partial charge in [-0.1, -0.05) is 17.7 Å². The highest BCUT2D eigenvalue weighted by atomic mass is 35.5. The Labute approximate surface area is 273 Å². The van der Waals surface area contributed by atoms with Crippen LogP contribution >= 0.6 is 11.6 Å². The van der Waals surface area contributed by atoms with Crippen molar-refractivity contribution < 1.29 is 53.9 Å². The predicted molar refractivity (Wildman–Crippen MR) is 156 cm³/mol. The van der Waals surface area contributed by atoms with Crippen molar-refractivity contribution in [3.8, 4) is 11.1 Å². The molecule has 3 amide bonds. The number of amides is 3. The molecule has 16 heteroatoms. The van der Waals surface area contributed by atoms with E-state index in [2.05, 4.69) is 10.3 Å². The van der Waals surface area contributed by atoms with Gasteiger partial charge in [-0.2, -0.15) is 26.3 Å². The molecule has 1 aromatic heterocycles. The van der Waals surface area contributed by atoms with Crippen LogP contribution in [0, 0.1) is 17.5 Å². The molecule has 1 aliphatic heterocycles. The molecule has 6 rings (SSSR count). The van der Waals surface area contributed by atoms with Gasteiger partial charge in [-0.25, -0.2) is 13.2 Å². The summed E-state index contributed by atoms with van der Waals surface area (Å²) in [5.41, 5.74) is -7.06. The summed E-state index contributed by atoms with van der Waals surface area (Å²) in [5, 5.41) is 4.25. The number of nitrogens with zero attached hydrogens (tertiary/aromatic N) is 1. The molecular weight excluding hydrogens is 693 g/mol. The molecule has 0 radical (unpaired) electrons. The molecule has 0 saturated carbocycles. The zero-order valence-electron chi connectivity index (χ0n) is 24.0. The Kier molecular flexibility index (Phi) is 8.13. The summed E-state index contributed by atoms with van der Waals surface area (Å²) < 4.78 is 126. The number of pyridine rings is 1. The first kappa shape index (κ1) is 33.5. The van der Waals surface area contributed by atoms with Crippen molar-refractivity contribution in [2.24, 2.45) is 0 Å². The van der Waals surface area contributed by atoms with Crippen LogP contribution in [0.25, 0.3) is 22.0 Å².